The molecule has 0 unspecified atom stereocenters. The van der Waals surface area contributed by atoms with Crippen LogP contribution in [0.5, 0.6) is 0 Å². The molecule has 8 aromatic rings. The molecule has 0 spiro atoms. The molecule has 3 heterocycles. The van der Waals surface area contributed by atoms with E-state index in [-0.39, 0.29) is 0 Å². The van der Waals surface area contributed by atoms with Gasteiger partial charge in [-0.1, -0.05) is 127 Å². The van der Waals surface area contributed by atoms with Crippen molar-refractivity contribution in [3.05, 3.63) is 164 Å². The fourth-order valence-corrected chi connectivity index (χ4v) is 5.75. The lowest BCUT2D eigenvalue weighted by molar-refractivity contribution is 1.08. The summed E-state index contributed by atoms with van der Waals surface area (Å²) in [5.74, 6) is 1.94. The summed E-state index contributed by atoms with van der Waals surface area (Å²) in [6.07, 6.45) is 3.69. The van der Waals surface area contributed by atoms with Gasteiger partial charge in [0, 0.05) is 34.6 Å². The first-order valence-corrected chi connectivity index (χ1v) is 15.2. The summed E-state index contributed by atoms with van der Waals surface area (Å²) in [5.41, 5.74) is 9.04. The van der Waals surface area contributed by atoms with Crippen LogP contribution in [0, 0.1) is 0 Å². The third-order valence-electron chi connectivity index (χ3n) is 8.08. The van der Waals surface area contributed by atoms with Crippen molar-refractivity contribution in [3.8, 4) is 67.8 Å². The Balaban J connectivity index is 1.18. The molecule has 216 valence electrons. The SMILES string of the molecule is c1ccc(-c2nc(-c3ccccc3)nc(-c3ccc(-c4ccc(-c5ccc(-c6ccccn6)nc5)cc4)c4ccccc34)n2)cc1. The van der Waals surface area contributed by atoms with Gasteiger partial charge in [0.1, 0.15) is 0 Å². The Bertz CT molecular complexity index is 2210. The molecule has 0 bridgehead atoms. The van der Waals surface area contributed by atoms with Crippen molar-refractivity contribution in [1.82, 2.24) is 24.9 Å². The Hall–Kier alpha value is -6.33. The minimum Gasteiger partial charge on any atom is -0.255 e. The van der Waals surface area contributed by atoms with Crippen LogP contribution in [0.1, 0.15) is 0 Å². The maximum absolute atomic E-state index is 4.99. The highest BCUT2D eigenvalue weighted by molar-refractivity contribution is 6.04. The van der Waals surface area contributed by atoms with Crippen LogP contribution in [-0.2, 0) is 0 Å². The molecule has 0 atom stereocenters. The van der Waals surface area contributed by atoms with Gasteiger partial charge in [-0.2, -0.15) is 0 Å². The van der Waals surface area contributed by atoms with Crippen LogP contribution in [-0.4, -0.2) is 24.9 Å². The number of nitrogens with zero attached hydrogens (tertiary/aromatic N) is 5. The monoisotopic (exact) mass is 589 g/mol. The van der Waals surface area contributed by atoms with E-state index in [0.29, 0.717) is 17.5 Å². The average molecular weight is 590 g/mol. The number of fused-ring (bicyclic) bond motifs is 1. The molecule has 5 nitrogen and oxygen atoms in total. The number of aromatic nitrogens is 5. The smallest absolute Gasteiger partial charge is 0.164 e. The van der Waals surface area contributed by atoms with Crippen LogP contribution in [0.15, 0.2) is 164 Å². The lowest BCUT2D eigenvalue weighted by atomic mass is 9.93. The summed E-state index contributed by atoms with van der Waals surface area (Å²) >= 11 is 0. The normalized spacial score (nSPS) is 11.0. The summed E-state index contributed by atoms with van der Waals surface area (Å²) in [6, 6.07) is 51.5. The Labute approximate surface area is 267 Å². The van der Waals surface area contributed by atoms with Crippen LogP contribution in [0.4, 0.5) is 0 Å². The molecule has 0 aliphatic heterocycles. The van der Waals surface area contributed by atoms with E-state index in [1.54, 1.807) is 6.20 Å². The van der Waals surface area contributed by atoms with Gasteiger partial charge in [-0.25, -0.2) is 15.0 Å². The maximum Gasteiger partial charge on any atom is 0.164 e. The number of hydrogen-bond acceptors (Lipinski definition) is 5. The number of pyridine rings is 2. The van der Waals surface area contributed by atoms with E-state index in [9.17, 15) is 0 Å². The molecule has 0 N–H and O–H groups in total. The molecule has 0 saturated heterocycles. The largest absolute Gasteiger partial charge is 0.255 e. The quantitative estimate of drug-likeness (QED) is 0.193. The lowest BCUT2D eigenvalue weighted by Gasteiger charge is -2.13. The Morgan fingerprint density at radius 3 is 1.43 bits per heavy atom. The first kappa shape index (κ1) is 27.2. The van der Waals surface area contributed by atoms with E-state index in [4.69, 9.17) is 15.0 Å². The Kier molecular flexibility index (Phi) is 7.09. The molecule has 0 aliphatic carbocycles. The van der Waals surface area contributed by atoms with Crippen molar-refractivity contribution in [2.45, 2.75) is 0 Å². The molecule has 8 rings (SSSR count). The summed E-state index contributed by atoms with van der Waals surface area (Å²) in [5, 5.41) is 2.22. The van der Waals surface area contributed by atoms with Crippen molar-refractivity contribution in [3.63, 3.8) is 0 Å². The predicted octanol–water partition coefficient (Wildman–Crippen LogP) is 9.82. The van der Waals surface area contributed by atoms with Gasteiger partial charge in [-0.15, -0.1) is 0 Å². The molecule has 0 radical (unpaired) electrons. The number of rotatable bonds is 6. The zero-order valence-corrected chi connectivity index (χ0v) is 24.8. The van der Waals surface area contributed by atoms with Gasteiger partial charge in [0.25, 0.3) is 0 Å². The standard InChI is InChI=1S/C41H27N5/c1-3-11-30(12-4-1)39-44-40(31-13-5-2-6-14-31)46-41(45-39)36-24-23-33(34-15-7-8-16-35(34)36)29-20-18-28(19-21-29)32-22-25-38(43-27-32)37-17-9-10-26-42-37/h1-27H. The van der Waals surface area contributed by atoms with Gasteiger partial charge in [0.2, 0.25) is 0 Å². The van der Waals surface area contributed by atoms with Gasteiger partial charge in [0.05, 0.1) is 11.4 Å². The Morgan fingerprint density at radius 1 is 0.304 bits per heavy atom. The molecule has 0 amide bonds. The molecule has 5 aromatic carbocycles. The molecule has 5 heteroatoms. The van der Waals surface area contributed by atoms with Gasteiger partial charge in [-0.3, -0.25) is 9.97 Å². The average Bonchev–Trinajstić information content (AvgIpc) is 3.15. The summed E-state index contributed by atoms with van der Waals surface area (Å²) in [4.78, 5) is 23.9. The highest BCUT2D eigenvalue weighted by atomic mass is 15.0. The lowest BCUT2D eigenvalue weighted by Crippen LogP contribution is -2.00. The number of hydrogen-bond donors (Lipinski definition) is 0. The van der Waals surface area contributed by atoms with E-state index in [1.165, 1.54) is 0 Å². The van der Waals surface area contributed by atoms with Crippen LogP contribution >= 0.6 is 0 Å². The van der Waals surface area contributed by atoms with Gasteiger partial charge >= 0.3 is 0 Å². The van der Waals surface area contributed by atoms with E-state index >= 15 is 0 Å². The van der Waals surface area contributed by atoms with Crippen LogP contribution in [0.2, 0.25) is 0 Å². The van der Waals surface area contributed by atoms with E-state index in [2.05, 4.69) is 76.7 Å². The fourth-order valence-electron chi connectivity index (χ4n) is 5.75. The van der Waals surface area contributed by atoms with Crippen molar-refractivity contribution in [2.75, 3.05) is 0 Å². The first-order chi connectivity index (χ1) is 22.8. The topological polar surface area (TPSA) is 64.5 Å². The molecular formula is C41H27N5. The predicted molar refractivity (Wildman–Crippen MR) is 186 cm³/mol. The zero-order chi connectivity index (χ0) is 30.7. The van der Waals surface area contributed by atoms with E-state index in [1.807, 2.05) is 91.1 Å². The molecule has 3 aromatic heterocycles. The third kappa shape index (κ3) is 5.31. The first-order valence-electron chi connectivity index (χ1n) is 15.2. The van der Waals surface area contributed by atoms with Crippen LogP contribution in [0.25, 0.3) is 78.6 Å². The highest BCUT2D eigenvalue weighted by Gasteiger charge is 2.16. The summed E-state index contributed by atoms with van der Waals surface area (Å²) in [6.45, 7) is 0. The number of benzene rings is 5. The second kappa shape index (κ2) is 12.0. The van der Waals surface area contributed by atoms with Crippen LogP contribution in [0.3, 0.4) is 0 Å². The second-order valence-corrected chi connectivity index (χ2v) is 11.0. The van der Waals surface area contributed by atoms with Crippen molar-refractivity contribution in [2.24, 2.45) is 0 Å². The van der Waals surface area contributed by atoms with E-state index in [0.717, 1.165) is 61.1 Å². The molecule has 0 fully saturated rings. The molecular weight excluding hydrogens is 562 g/mol. The maximum atomic E-state index is 4.99. The zero-order valence-electron chi connectivity index (χ0n) is 24.8. The van der Waals surface area contributed by atoms with Crippen molar-refractivity contribution in [1.29, 1.82) is 0 Å². The van der Waals surface area contributed by atoms with Crippen molar-refractivity contribution < 1.29 is 0 Å². The van der Waals surface area contributed by atoms with Crippen molar-refractivity contribution >= 4 is 10.8 Å². The molecule has 46 heavy (non-hydrogen) atoms. The molecule has 0 saturated carbocycles. The fraction of sp³-hybridized carbons (Fsp3) is 0. The third-order valence-corrected chi connectivity index (χ3v) is 8.08. The van der Waals surface area contributed by atoms with Gasteiger partial charge in [0.15, 0.2) is 17.5 Å². The van der Waals surface area contributed by atoms with Crippen LogP contribution < -0.4 is 0 Å². The summed E-state index contributed by atoms with van der Waals surface area (Å²) in [7, 11) is 0. The van der Waals surface area contributed by atoms with Gasteiger partial charge < -0.3 is 0 Å². The Morgan fingerprint density at radius 2 is 0.826 bits per heavy atom. The minimum atomic E-state index is 0.646. The minimum absolute atomic E-state index is 0.646. The van der Waals surface area contributed by atoms with E-state index < -0.39 is 0 Å². The highest BCUT2D eigenvalue weighted by Crippen LogP contribution is 2.36. The molecule has 0 aliphatic rings. The van der Waals surface area contributed by atoms with Gasteiger partial charge in [-0.05, 0) is 51.7 Å². The second-order valence-electron chi connectivity index (χ2n) is 11.0. The summed E-state index contributed by atoms with van der Waals surface area (Å²) < 4.78 is 0.